The fraction of sp³-hybridized carbons (Fsp3) is 0. The molecule has 1 nitrogen and oxygen atoms in total. The molecular weight excluding hydrogens is 520 g/mol. The summed E-state index contributed by atoms with van der Waals surface area (Å²) >= 11 is 0. The van der Waals surface area contributed by atoms with Gasteiger partial charge in [-0.15, -0.1) is 0 Å². The molecular formula is C42H26O. The van der Waals surface area contributed by atoms with Gasteiger partial charge < -0.3 is 4.42 Å². The van der Waals surface area contributed by atoms with Crippen molar-refractivity contribution in [3.05, 3.63) is 158 Å². The number of furan rings is 1. The first-order valence-electron chi connectivity index (χ1n) is 14.8. The molecule has 200 valence electrons. The Morgan fingerprint density at radius 2 is 0.837 bits per heavy atom. The maximum absolute atomic E-state index is 6.72. The van der Waals surface area contributed by atoms with Crippen LogP contribution in [0.2, 0.25) is 0 Å². The van der Waals surface area contributed by atoms with Gasteiger partial charge in [-0.05, 0) is 72.8 Å². The van der Waals surface area contributed by atoms with Crippen LogP contribution in [0.25, 0.3) is 87.6 Å². The van der Waals surface area contributed by atoms with Gasteiger partial charge in [0.25, 0.3) is 0 Å². The van der Waals surface area contributed by atoms with E-state index in [4.69, 9.17) is 4.42 Å². The Labute approximate surface area is 249 Å². The first-order chi connectivity index (χ1) is 21.3. The molecule has 9 rings (SSSR count). The number of benzene rings is 8. The standard InChI is InChI=1S/C42H26O/c1-2-13-27(14-3-1)28-16-12-17-30(25-28)39-33-20-6-8-22-35(33)40(36-23-9-7-21-34(36)39)41-31-18-5-4-15-29(31)26-37-32-19-10-11-24-38(32)43-42(37)41/h1-26H. The topological polar surface area (TPSA) is 13.1 Å². The minimum Gasteiger partial charge on any atom is -0.455 e. The molecule has 0 aliphatic heterocycles. The van der Waals surface area contributed by atoms with E-state index < -0.39 is 0 Å². The molecule has 0 bridgehead atoms. The lowest BCUT2D eigenvalue weighted by Crippen LogP contribution is -1.92. The summed E-state index contributed by atoms with van der Waals surface area (Å²) in [6, 6.07) is 56.7. The minimum absolute atomic E-state index is 0.914. The summed E-state index contributed by atoms with van der Waals surface area (Å²) in [6.07, 6.45) is 0. The molecule has 0 unspecified atom stereocenters. The number of hydrogen-bond acceptors (Lipinski definition) is 1. The molecule has 9 aromatic rings. The van der Waals surface area contributed by atoms with E-state index in [0.29, 0.717) is 0 Å². The summed E-state index contributed by atoms with van der Waals surface area (Å²) in [5, 5.41) is 9.62. The lowest BCUT2D eigenvalue weighted by Gasteiger charge is -2.19. The molecule has 0 radical (unpaired) electrons. The molecule has 0 spiro atoms. The van der Waals surface area contributed by atoms with Gasteiger partial charge in [-0.3, -0.25) is 0 Å². The van der Waals surface area contributed by atoms with Crippen LogP contribution in [-0.4, -0.2) is 0 Å². The third-order valence-electron chi connectivity index (χ3n) is 8.83. The first kappa shape index (κ1) is 24.0. The second-order valence-corrected chi connectivity index (χ2v) is 11.2. The van der Waals surface area contributed by atoms with Crippen molar-refractivity contribution in [1.82, 2.24) is 0 Å². The largest absolute Gasteiger partial charge is 0.455 e. The Bertz CT molecular complexity index is 2440. The number of para-hydroxylation sites is 1. The van der Waals surface area contributed by atoms with E-state index >= 15 is 0 Å². The Balaban J connectivity index is 1.45. The minimum atomic E-state index is 0.914. The zero-order chi connectivity index (χ0) is 28.3. The van der Waals surface area contributed by atoms with Crippen LogP contribution in [0.3, 0.4) is 0 Å². The average molecular weight is 547 g/mol. The van der Waals surface area contributed by atoms with Gasteiger partial charge in [0.15, 0.2) is 0 Å². The number of hydrogen-bond donors (Lipinski definition) is 0. The smallest absolute Gasteiger partial charge is 0.143 e. The molecule has 0 atom stereocenters. The molecule has 1 heteroatoms. The van der Waals surface area contributed by atoms with Crippen molar-refractivity contribution in [3.63, 3.8) is 0 Å². The van der Waals surface area contributed by atoms with E-state index in [2.05, 4.69) is 152 Å². The molecule has 0 aliphatic carbocycles. The van der Waals surface area contributed by atoms with Crippen molar-refractivity contribution in [2.24, 2.45) is 0 Å². The monoisotopic (exact) mass is 546 g/mol. The summed E-state index contributed by atoms with van der Waals surface area (Å²) in [5.41, 5.74) is 9.13. The van der Waals surface area contributed by atoms with Crippen LogP contribution >= 0.6 is 0 Å². The third-order valence-corrected chi connectivity index (χ3v) is 8.83. The predicted octanol–water partition coefficient (Wildman–Crippen LogP) is 12.0. The van der Waals surface area contributed by atoms with E-state index in [0.717, 1.165) is 27.5 Å². The van der Waals surface area contributed by atoms with Crippen LogP contribution < -0.4 is 0 Å². The summed E-state index contributed by atoms with van der Waals surface area (Å²) in [5.74, 6) is 0. The van der Waals surface area contributed by atoms with Crippen LogP contribution in [0, 0.1) is 0 Å². The van der Waals surface area contributed by atoms with Crippen LogP contribution in [0.1, 0.15) is 0 Å². The van der Waals surface area contributed by atoms with Gasteiger partial charge in [-0.25, -0.2) is 0 Å². The highest BCUT2D eigenvalue weighted by Gasteiger charge is 2.22. The van der Waals surface area contributed by atoms with Crippen molar-refractivity contribution in [1.29, 1.82) is 0 Å². The molecule has 43 heavy (non-hydrogen) atoms. The van der Waals surface area contributed by atoms with Gasteiger partial charge in [0.1, 0.15) is 11.2 Å². The van der Waals surface area contributed by atoms with Gasteiger partial charge in [-0.1, -0.05) is 140 Å². The molecule has 0 N–H and O–H groups in total. The average Bonchev–Trinajstić information content (AvgIpc) is 3.45. The Morgan fingerprint density at radius 1 is 0.302 bits per heavy atom. The fourth-order valence-electron chi connectivity index (χ4n) is 6.96. The van der Waals surface area contributed by atoms with E-state index in [1.807, 2.05) is 6.07 Å². The normalized spacial score (nSPS) is 11.7. The molecule has 0 amide bonds. The van der Waals surface area contributed by atoms with Crippen molar-refractivity contribution in [3.8, 4) is 33.4 Å². The zero-order valence-corrected chi connectivity index (χ0v) is 23.4. The first-order valence-corrected chi connectivity index (χ1v) is 14.8. The van der Waals surface area contributed by atoms with Crippen LogP contribution in [-0.2, 0) is 0 Å². The van der Waals surface area contributed by atoms with Crippen LogP contribution in [0.15, 0.2) is 162 Å². The summed E-state index contributed by atoms with van der Waals surface area (Å²) in [6.45, 7) is 0. The molecule has 8 aromatic carbocycles. The lowest BCUT2D eigenvalue weighted by atomic mass is 9.83. The maximum atomic E-state index is 6.72. The molecule has 1 aromatic heterocycles. The SMILES string of the molecule is c1ccc(-c2cccc(-c3c4ccccc4c(-c4c5ccccc5cc5c4oc4ccccc45)c4ccccc34)c2)cc1. The highest BCUT2D eigenvalue weighted by molar-refractivity contribution is 6.28. The molecule has 0 saturated heterocycles. The summed E-state index contributed by atoms with van der Waals surface area (Å²) in [7, 11) is 0. The third kappa shape index (κ3) is 3.65. The van der Waals surface area contributed by atoms with E-state index in [1.165, 1.54) is 60.1 Å². The van der Waals surface area contributed by atoms with Gasteiger partial charge in [0, 0.05) is 21.9 Å². The predicted molar refractivity (Wildman–Crippen MR) is 183 cm³/mol. The number of fused-ring (bicyclic) bond motifs is 6. The fourth-order valence-corrected chi connectivity index (χ4v) is 6.96. The molecule has 1 heterocycles. The Morgan fingerprint density at radius 3 is 1.56 bits per heavy atom. The van der Waals surface area contributed by atoms with E-state index in [-0.39, 0.29) is 0 Å². The van der Waals surface area contributed by atoms with Crippen molar-refractivity contribution in [2.45, 2.75) is 0 Å². The van der Waals surface area contributed by atoms with E-state index in [1.54, 1.807) is 0 Å². The molecule has 0 fully saturated rings. The second-order valence-electron chi connectivity index (χ2n) is 11.2. The Hall–Kier alpha value is -5.66. The van der Waals surface area contributed by atoms with E-state index in [9.17, 15) is 0 Å². The van der Waals surface area contributed by atoms with Gasteiger partial charge in [0.2, 0.25) is 0 Å². The summed E-state index contributed by atoms with van der Waals surface area (Å²) < 4.78 is 6.72. The van der Waals surface area contributed by atoms with Crippen LogP contribution in [0.5, 0.6) is 0 Å². The quantitative estimate of drug-likeness (QED) is 0.201. The van der Waals surface area contributed by atoms with Crippen molar-refractivity contribution < 1.29 is 4.42 Å². The molecule has 0 aliphatic rings. The second kappa shape index (κ2) is 9.44. The van der Waals surface area contributed by atoms with Gasteiger partial charge in [-0.2, -0.15) is 0 Å². The van der Waals surface area contributed by atoms with Gasteiger partial charge >= 0.3 is 0 Å². The van der Waals surface area contributed by atoms with Crippen molar-refractivity contribution >= 4 is 54.3 Å². The Kier molecular flexibility index (Phi) is 5.27. The zero-order valence-electron chi connectivity index (χ0n) is 23.4. The lowest BCUT2D eigenvalue weighted by molar-refractivity contribution is 0.670. The highest BCUT2D eigenvalue weighted by atomic mass is 16.3. The highest BCUT2D eigenvalue weighted by Crippen LogP contribution is 2.49. The van der Waals surface area contributed by atoms with Gasteiger partial charge in [0.05, 0.1) is 0 Å². The van der Waals surface area contributed by atoms with Crippen LogP contribution in [0.4, 0.5) is 0 Å². The number of rotatable bonds is 3. The van der Waals surface area contributed by atoms with Crippen molar-refractivity contribution in [2.75, 3.05) is 0 Å². The summed E-state index contributed by atoms with van der Waals surface area (Å²) in [4.78, 5) is 0. The maximum Gasteiger partial charge on any atom is 0.143 e. The molecule has 0 saturated carbocycles.